The molecule has 0 saturated heterocycles. The maximum absolute atomic E-state index is 2.36. The fourth-order valence-corrected chi connectivity index (χ4v) is 3.73. The van der Waals surface area contributed by atoms with Gasteiger partial charge in [-0.05, 0) is 24.3 Å². The predicted octanol–water partition coefficient (Wildman–Crippen LogP) is 5.09. The topological polar surface area (TPSA) is 0 Å². The SMILES string of the molecule is CCCCCCc1cc2cscc2s1. The molecule has 0 aliphatic carbocycles. The van der Waals surface area contributed by atoms with Crippen molar-refractivity contribution < 1.29 is 0 Å². The van der Waals surface area contributed by atoms with Gasteiger partial charge in [-0.3, -0.25) is 0 Å². The Kier molecular flexibility index (Phi) is 3.60. The first-order valence-electron chi connectivity index (χ1n) is 5.35. The van der Waals surface area contributed by atoms with Gasteiger partial charge in [-0.1, -0.05) is 26.2 Å². The second kappa shape index (κ2) is 4.94. The van der Waals surface area contributed by atoms with Crippen LogP contribution in [0.25, 0.3) is 10.1 Å². The fourth-order valence-electron chi connectivity index (χ4n) is 1.68. The van der Waals surface area contributed by atoms with Gasteiger partial charge in [-0.25, -0.2) is 0 Å². The molecular formula is C12H16S2. The van der Waals surface area contributed by atoms with Crippen LogP contribution in [0.1, 0.15) is 37.5 Å². The summed E-state index contributed by atoms with van der Waals surface area (Å²) in [6.07, 6.45) is 6.75. The van der Waals surface area contributed by atoms with Crippen LogP contribution in [0.15, 0.2) is 16.8 Å². The van der Waals surface area contributed by atoms with Crippen LogP contribution < -0.4 is 0 Å². The van der Waals surface area contributed by atoms with Crippen LogP contribution >= 0.6 is 22.7 Å². The second-order valence-corrected chi connectivity index (χ2v) is 5.63. The number of rotatable bonds is 5. The Labute approximate surface area is 93.6 Å². The van der Waals surface area contributed by atoms with Crippen molar-refractivity contribution in [2.24, 2.45) is 0 Å². The van der Waals surface area contributed by atoms with Gasteiger partial charge < -0.3 is 0 Å². The standard InChI is InChI=1S/C12H16S2/c1-2-3-4-5-6-11-7-10-8-13-9-12(10)14-11/h7-9H,2-6H2,1H3. The Morgan fingerprint density at radius 2 is 2.07 bits per heavy atom. The highest BCUT2D eigenvalue weighted by atomic mass is 32.1. The lowest BCUT2D eigenvalue weighted by Gasteiger charge is -1.96. The normalized spacial score (nSPS) is 11.2. The highest BCUT2D eigenvalue weighted by molar-refractivity contribution is 7.22. The number of aryl methyl sites for hydroxylation is 1. The third-order valence-electron chi connectivity index (χ3n) is 2.49. The van der Waals surface area contributed by atoms with Gasteiger partial charge in [0.2, 0.25) is 0 Å². The predicted molar refractivity (Wildman–Crippen MR) is 67.5 cm³/mol. The summed E-state index contributed by atoms with van der Waals surface area (Å²) in [5.41, 5.74) is 0. The zero-order valence-corrected chi connectivity index (χ0v) is 10.2. The molecule has 0 N–H and O–H groups in total. The lowest BCUT2D eigenvalue weighted by atomic mass is 10.1. The summed E-state index contributed by atoms with van der Waals surface area (Å²) in [5.74, 6) is 0. The molecule has 0 radical (unpaired) electrons. The molecule has 76 valence electrons. The molecular weight excluding hydrogens is 208 g/mol. The molecule has 0 aromatic carbocycles. The van der Waals surface area contributed by atoms with E-state index < -0.39 is 0 Å². The van der Waals surface area contributed by atoms with E-state index in [1.807, 2.05) is 22.7 Å². The molecule has 0 amide bonds. The van der Waals surface area contributed by atoms with Crippen molar-refractivity contribution in [1.82, 2.24) is 0 Å². The smallest absolute Gasteiger partial charge is 0.0452 e. The molecule has 2 rings (SSSR count). The van der Waals surface area contributed by atoms with Gasteiger partial charge in [0.1, 0.15) is 0 Å². The van der Waals surface area contributed by atoms with Crippen molar-refractivity contribution in [3.05, 3.63) is 21.7 Å². The summed E-state index contributed by atoms with van der Waals surface area (Å²) >= 11 is 3.78. The van der Waals surface area contributed by atoms with Crippen LogP contribution in [-0.2, 0) is 6.42 Å². The number of unbranched alkanes of at least 4 members (excludes halogenated alkanes) is 3. The third kappa shape index (κ3) is 2.37. The second-order valence-electron chi connectivity index (χ2n) is 3.71. The van der Waals surface area contributed by atoms with Crippen LogP contribution in [0.4, 0.5) is 0 Å². The molecule has 0 bridgehead atoms. The van der Waals surface area contributed by atoms with Crippen molar-refractivity contribution in [1.29, 1.82) is 0 Å². The Bertz CT molecular complexity index is 355. The first-order chi connectivity index (χ1) is 6.90. The van der Waals surface area contributed by atoms with Gasteiger partial charge in [0.15, 0.2) is 0 Å². The van der Waals surface area contributed by atoms with Crippen molar-refractivity contribution in [3.8, 4) is 0 Å². The molecule has 14 heavy (non-hydrogen) atoms. The third-order valence-corrected chi connectivity index (χ3v) is 4.56. The van der Waals surface area contributed by atoms with Crippen LogP contribution in [0.3, 0.4) is 0 Å². The van der Waals surface area contributed by atoms with Crippen molar-refractivity contribution in [3.63, 3.8) is 0 Å². The number of fused-ring (bicyclic) bond motifs is 1. The van der Waals surface area contributed by atoms with E-state index in [4.69, 9.17) is 0 Å². The van der Waals surface area contributed by atoms with Crippen LogP contribution in [0.2, 0.25) is 0 Å². The molecule has 0 spiro atoms. The lowest BCUT2D eigenvalue weighted by Crippen LogP contribution is -1.80. The van der Waals surface area contributed by atoms with Gasteiger partial charge in [0, 0.05) is 20.3 Å². The molecule has 0 aliphatic rings. The molecule has 0 atom stereocenters. The average Bonchev–Trinajstić information content (AvgIpc) is 2.72. The molecule has 2 aromatic heterocycles. The largest absolute Gasteiger partial charge is 0.150 e. The van der Waals surface area contributed by atoms with Crippen LogP contribution in [0.5, 0.6) is 0 Å². The molecule has 0 saturated carbocycles. The van der Waals surface area contributed by atoms with E-state index in [2.05, 4.69) is 23.8 Å². The van der Waals surface area contributed by atoms with E-state index in [-0.39, 0.29) is 0 Å². The van der Waals surface area contributed by atoms with E-state index in [1.165, 1.54) is 42.2 Å². The van der Waals surface area contributed by atoms with Gasteiger partial charge in [-0.2, -0.15) is 11.3 Å². The highest BCUT2D eigenvalue weighted by Crippen LogP contribution is 2.29. The quantitative estimate of drug-likeness (QED) is 0.621. The van der Waals surface area contributed by atoms with E-state index in [1.54, 1.807) is 4.88 Å². The van der Waals surface area contributed by atoms with E-state index in [0.717, 1.165) is 0 Å². The van der Waals surface area contributed by atoms with Gasteiger partial charge in [-0.15, -0.1) is 11.3 Å². The van der Waals surface area contributed by atoms with Gasteiger partial charge in [0.25, 0.3) is 0 Å². The zero-order valence-electron chi connectivity index (χ0n) is 8.58. The lowest BCUT2D eigenvalue weighted by molar-refractivity contribution is 0.670. The minimum atomic E-state index is 1.28. The molecule has 2 heterocycles. The Morgan fingerprint density at radius 3 is 2.86 bits per heavy atom. The van der Waals surface area contributed by atoms with Crippen molar-refractivity contribution in [2.75, 3.05) is 0 Å². The average molecular weight is 224 g/mol. The Hall–Kier alpha value is -0.340. The minimum absolute atomic E-state index is 1.28. The van der Waals surface area contributed by atoms with E-state index >= 15 is 0 Å². The monoisotopic (exact) mass is 224 g/mol. The van der Waals surface area contributed by atoms with Gasteiger partial charge in [0.05, 0.1) is 0 Å². The Balaban J connectivity index is 1.89. The first-order valence-corrected chi connectivity index (χ1v) is 7.10. The number of hydrogen-bond acceptors (Lipinski definition) is 2. The highest BCUT2D eigenvalue weighted by Gasteiger charge is 2.01. The molecule has 2 heteroatoms. The van der Waals surface area contributed by atoms with Gasteiger partial charge >= 0.3 is 0 Å². The van der Waals surface area contributed by atoms with Crippen LogP contribution in [-0.4, -0.2) is 0 Å². The summed E-state index contributed by atoms with van der Waals surface area (Å²) in [6.45, 7) is 2.26. The zero-order chi connectivity index (χ0) is 9.80. The minimum Gasteiger partial charge on any atom is -0.150 e. The molecule has 0 nitrogen and oxygen atoms in total. The Morgan fingerprint density at radius 1 is 1.14 bits per heavy atom. The molecule has 0 aliphatic heterocycles. The molecule has 0 fully saturated rings. The fraction of sp³-hybridized carbons (Fsp3) is 0.500. The summed E-state index contributed by atoms with van der Waals surface area (Å²) in [5, 5.41) is 5.96. The summed E-state index contributed by atoms with van der Waals surface area (Å²) in [4.78, 5) is 1.57. The van der Waals surface area contributed by atoms with Crippen molar-refractivity contribution >= 4 is 32.8 Å². The summed E-state index contributed by atoms with van der Waals surface area (Å²) in [7, 11) is 0. The summed E-state index contributed by atoms with van der Waals surface area (Å²) in [6, 6.07) is 2.36. The number of thiophene rings is 2. The molecule has 2 aromatic rings. The van der Waals surface area contributed by atoms with Crippen molar-refractivity contribution in [2.45, 2.75) is 39.0 Å². The maximum Gasteiger partial charge on any atom is 0.0452 e. The van der Waals surface area contributed by atoms with Crippen LogP contribution in [0, 0.1) is 0 Å². The van der Waals surface area contributed by atoms with E-state index in [9.17, 15) is 0 Å². The first kappa shape index (κ1) is 10.2. The maximum atomic E-state index is 2.36. The molecule has 0 unspecified atom stereocenters. The summed E-state index contributed by atoms with van der Waals surface area (Å²) < 4.78 is 1.47. The number of hydrogen-bond donors (Lipinski definition) is 0. The van der Waals surface area contributed by atoms with E-state index in [0.29, 0.717) is 0 Å².